The minimum Gasteiger partial charge on any atom is -0.487 e. The highest BCUT2D eigenvalue weighted by atomic mass is 32.1. The largest absolute Gasteiger partial charge is 0.487 e. The molecule has 0 spiro atoms. The van der Waals surface area contributed by atoms with Crippen LogP contribution in [0.5, 0.6) is 5.75 Å². The van der Waals surface area contributed by atoms with E-state index in [1.807, 2.05) is 0 Å². The monoisotopic (exact) mass is 315 g/mol. The molecule has 1 heterocycles. The number of alkyl halides is 3. The van der Waals surface area contributed by atoms with Gasteiger partial charge in [-0.2, -0.15) is 13.2 Å². The topological polar surface area (TPSA) is 52.3 Å². The van der Waals surface area contributed by atoms with Crippen molar-refractivity contribution >= 4 is 17.2 Å². The van der Waals surface area contributed by atoms with Gasteiger partial charge in [0.2, 0.25) is 0 Å². The second-order valence-electron chi connectivity index (χ2n) is 4.36. The number of nitrogens with two attached hydrogens (primary N) is 1. The Bertz CT molecular complexity index is 664. The van der Waals surface area contributed by atoms with E-state index in [0.29, 0.717) is 0 Å². The van der Waals surface area contributed by atoms with Crippen molar-refractivity contribution in [2.24, 2.45) is 5.73 Å². The van der Waals surface area contributed by atoms with Gasteiger partial charge in [0.1, 0.15) is 17.2 Å². The zero-order valence-electron chi connectivity index (χ0n) is 11.0. The summed E-state index contributed by atoms with van der Waals surface area (Å²) >= 11 is 1.15. The highest BCUT2D eigenvalue weighted by molar-refractivity contribution is 7.14. The van der Waals surface area contributed by atoms with Crippen LogP contribution in [0.15, 0.2) is 30.3 Å². The third kappa shape index (κ3) is 3.55. The van der Waals surface area contributed by atoms with E-state index in [-0.39, 0.29) is 22.8 Å². The molecule has 0 atom stereocenters. The normalized spacial score (nSPS) is 11.4. The van der Waals surface area contributed by atoms with Crippen LogP contribution < -0.4 is 10.5 Å². The number of amides is 1. The van der Waals surface area contributed by atoms with Crippen LogP contribution in [-0.2, 0) is 12.8 Å². The van der Waals surface area contributed by atoms with Gasteiger partial charge >= 0.3 is 6.18 Å². The average molecular weight is 315 g/mol. The van der Waals surface area contributed by atoms with Gasteiger partial charge in [-0.15, -0.1) is 11.3 Å². The number of carbonyl (C=O) groups is 1. The molecule has 21 heavy (non-hydrogen) atoms. The molecule has 2 N–H and O–H groups in total. The molecule has 2 aromatic rings. The first-order valence-electron chi connectivity index (χ1n) is 5.97. The van der Waals surface area contributed by atoms with Crippen LogP contribution >= 0.6 is 11.3 Å². The SMILES string of the molecule is Cc1cc(OCc2ccccc2C(F)(F)F)c(C(N)=O)s1. The molecule has 1 amide bonds. The van der Waals surface area contributed by atoms with Gasteiger partial charge < -0.3 is 10.5 Å². The van der Waals surface area contributed by atoms with Gasteiger partial charge in [0, 0.05) is 10.4 Å². The van der Waals surface area contributed by atoms with Crippen LogP contribution in [0.25, 0.3) is 0 Å². The summed E-state index contributed by atoms with van der Waals surface area (Å²) in [5, 5.41) is 0. The first kappa shape index (κ1) is 15.4. The molecule has 0 saturated carbocycles. The lowest BCUT2D eigenvalue weighted by molar-refractivity contribution is -0.138. The summed E-state index contributed by atoms with van der Waals surface area (Å²) < 4.78 is 43.9. The fourth-order valence-corrected chi connectivity index (χ4v) is 2.66. The molecule has 0 aliphatic carbocycles. The third-order valence-electron chi connectivity index (χ3n) is 2.75. The van der Waals surface area contributed by atoms with E-state index in [9.17, 15) is 18.0 Å². The number of thiophene rings is 1. The lowest BCUT2D eigenvalue weighted by atomic mass is 10.1. The van der Waals surface area contributed by atoms with Crippen molar-refractivity contribution in [2.45, 2.75) is 19.7 Å². The number of rotatable bonds is 4. The van der Waals surface area contributed by atoms with Crippen LogP contribution in [0.3, 0.4) is 0 Å². The Hall–Kier alpha value is -2.02. The van der Waals surface area contributed by atoms with Crippen LogP contribution in [0.4, 0.5) is 13.2 Å². The first-order valence-corrected chi connectivity index (χ1v) is 6.79. The maximum atomic E-state index is 12.9. The van der Waals surface area contributed by atoms with Gasteiger partial charge in [0.05, 0.1) is 5.56 Å². The molecule has 7 heteroatoms. The van der Waals surface area contributed by atoms with E-state index in [1.54, 1.807) is 13.0 Å². The molecule has 0 aliphatic heterocycles. The van der Waals surface area contributed by atoms with E-state index in [2.05, 4.69) is 0 Å². The maximum absolute atomic E-state index is 12.9. The summed E-state index contributed by atoms with van der Waals surface area (Å²) in [6.45, 7) is 1.47. The Kier molecular flexibility index (Phi) is 4.22. The van der Waals surface area contributed by atoms with Crippen LogP contribution in [0.2, 0.25) is 0 Å². The van der Waals surface area contributed by atoms with Crippen molar-refractivity contribution in [3.63, 3.8) is 0 Å². The Morgan fingerprint density at radius 3 is 2.62 bits per heavy atom. The zero-order chi connectivity index (χ0) is 15.6. The van der Waals surface area contributed by atoms with Crippen LogP contribution in [0.1, 0.15) is 25.7 Å². The first-order chi connectivity index (χ1) is 9.79. The number of ether oxygens (including phenoxy) is 1. The number of benzene rings is 1. The number of hydrogen-bond donors (Lipinski definition) is 1. The Labute approximate surface area is 123 Å². The van der Waals surface area contributed by atoms with Gasteiger partial charge in [-0.3, -0.25) is 4.79 Å². The minimum absolute atomic E-state index is 0.00396. The van der Waals surface area contributed by atoms with Gasteiger partial charge in [-0.25, -0.2) is 0 Å². The van der Waals surface area contributed by atoms with E-state index < -0.39 is 17.6 Å². The van der Waals surface area contributed by atoms with E-state index in [0.717, 1.165) is 22.3 Å². The molecule has 0 fully saturated rings. The number of hydrogen-bond acceptors (Lipinski definition) is 3. The molecule has 0 aliphatic rings. The molecule has 0 bridgehead atoms. The van der Waals surface area contributed by atoms with Crippen molar-refractivity contribution in [2.75, 3.05) is 0 Å². The summed E-state index contributed by atoms with van der Waals surface area (Å²) in [4.78, 5) is 12.2. The minimum atomic E-state index is -4.45. The zero-order valence-corrected chi connectivity index (χ0v) is 11.8. The Morgan fingerprint density at radius 1 is 1.33 bits per heavy atom. The molecule has 1 aromatic carbocycles. The highest BCUT2D eigenvalue weighted by Crippen LogP contribution is 2.33. The molecule has 0 unspecified atom stereocenters. The summed E-state index contributed by atoms with van der Waals surface area (Å²) in [5.41, 5.74) is 4.46. The second kappa shape index (κ2) is 5.77. The van der Waals surface area contributed by atoms with Crippen molar-refractivity contribution in [3.05, 3.63) is 51.2 Å². The summed E-state index contributed by atoms with van der Waals surface area (Å²) in [7, 11) is 0. The van der Waals surface area contributed by atoms with Gasteiger partial charge in [-0.1, -0.05) is 18.2 Å². The molecule has 112 valence electrons. The molecular weight excluding hydrogens is 303 g/mol. The third-order valence-corrected chi connectivity index (χ3v) is 3.80. The Morgan fingerprint density at radius 2 is 2.00 bits per heavy atom. The number of halogens is 3. The number of carbonyl (C=O) groups excluding carboxylic acids is 1. The molecular formula is C14H12F3NO2S. The van der Waals surface area contributed by atoms with E-state index in [4.69, 9.17) is 10.5 Å². The van der Waals surface area contributed by atoms with E-state index >= 15 is 0 Å². The molecule has 0 radical (unpaired) electrons. The highest BCUT2D eigenvalue weighted by Gasteiger charge is 2.33. The number of aryl methyl sites for hydroxylation is 1. The molecule has 1 aromatic heterocycles. The standard InChI is InChI=1S/C14H12F3NO2S/c1-8-6-11(12(21-8)13(18)19)20-7-9-4-2-3-5-10(9)14(15,16)17/h2-6H,7H2,1H3,(H2,18,19). The predicted molar refractivity (Wildman–Crippen MR) is 73.3 cm³/mol. The maximum Gasteiger partial charge on any atom is 0.416 e. The molecule has 2 rings (SSSR count). The fourth-order valence-electron chi connectivity index (χ4n) is 1.85. The predicted octanol–water partition coefficient (Wildman–Crippen LogP) is 3.75. The quantitative estimate of drug-likeness (QED) is 0.934. The summed E-state index contributed by atoms with van der Waals surface area (Å²) in [5.74, 6) is -0.450. The van der Waals surface area contributed by atoms with Crippen molar-refractivity contribution < 1.29 is 22.7 Å². The van der Waals surface area contributed by atoms with E-state index in [1.165, 1.54) is 18.2 Å². The lowest BCUT2D eigenvalue weighted by Crippen LogP contribution is -2.13. The Balaban J connectivity index is 2.24. The average Bonchev–Trinajstić information content (AvgIpc) is 2.77. The second-order valence-corrected chi connectivity index (χ2v) is 5.61. The molecule has 3 nitrogen and oxygen atoms in total. The van der Waals surface area contributed by atoms with Crippen molar-refractivity contribution in [1.82, 2.24) is 0 Å². The van der Waals surface area contributed by atoms with Gasteiger partial charge in [0.15, 0.2) is 0 Å². The summed E-state index contributed by atoms with van der Waals surface area (Å²) in [6, 6.07) is 6.73. The fraction of sp³-hybridized carbons (Fsp3) is 0.214. The lowest BCUT2D eigenvalue weighted by Gasteiger charge is -2.13. The van der Waals surface area contributed by atoms with Crippen molar-refractivity contribution in [1.29, 1.82) is 0 Å². The number of primary amides is 1. The molecule has 0 saturated heterocycles. The van der Waals surface area contributed by atoms with Gasteiger partial charge in [-0.05, 0) is 19.1 Å². The summed E-state index contributed by atoms with van der Waals surface area (Å²) in [6.07, 6.45) is -4.45. The van der Waals surface area contributed by atoms with Crippen LogP contribution in [0, 0.1) is 6.92 Å². The van der Waals surface area contributed by atoms with Crippen LogP contribution in [-0.4, -0.2) is 5.91 Å². The van der Waals surface area contributed by atoms with Gasteiger partial charge in [0.25, 0.3) is 5.91 Å². The smallest absolute Gasteiger partial charge is 0.416 e. The van der Waals surface area contributed by atoms with Crippen molar-refractivity contribution in [3.8, 4) is 5.75 Å².